The van der Waals surface area contributed by atoms with E-state index in [1.807, 2.05) is 13.0 Å². The lowest BCUT2D eigenvalue weighted by Crippen LogP contribution is -2.09. The number of hydrogen-bond acceptors (Lipinski definition) is 3. The summed E-state index contributed by atoms with van der Waals surface area (Å²) >= 11 is 0. The molecule has 0 aromatic heterocycles. The molecule has 0 saturated carbocycles. The Morgan fingerprint density at radius 1 is 1.17 bits per heavy atom. The van der Waals surface area contributed by atoms with Crippen LogP contribution in [-0.4, -0.2) is 19.6 Å². The van der Waals surface area contributed by atoms with Gasteiger partial charge in [-0.1, -0.05) is 24.3 Å². The molecule has 0 bridgehead atoms. The molecule has 126 valence electrons. The first-order chi connectivity index (χ1) is 11.5. The Bertz CT molecular complexity index is 745. The maximum Gasteiger partial charge on any atom is 0.387 e. The highest BCUT2D eigenvalue weighted by atomic mass is 19.3. The van der Waals surface area contributed by atoms with Gasteiger partial charge < -0.3 is 14.8 Å². The van der Waals surface area contributed by atoms with Crippen molar-refractivity contribution in [2.45, 2.75) is 13.5 Å². The Balaban J connectivity index is 2.13. The Morgan fingerprint density at radius 3 is 2.62 bits per heavy atom. The highest BCUT2D eigenvalue weighted by Gasteiger charge is 2.08. The van der Waals surface area contributed by atoms with E-state index in [9.17, 15) is 13.6 Å². The van der Waals surface area contributed by atoms with Gasteiger partial charge in [-0.05, 0) is 36.8 Å². The molecule has 0 aliphatic rings. The lowest BCUT2D eigenvalue weighted by Gasteiger charge is -2.10. The normalized spacial score (nSPS) is 10.9. The van der Waals surface area contributed by atoms with Crippen molar-refractivity contribution >= 4 is 17.7 Å². The van der Waals surface area contributed by atoms with E-state index in [0.717, 1.165) is 5.56 Å². The van der Waals surface area contributed by atoms with Crippen molar-refractivity contribution in [2.75, 3.05) is 12.4 Å². The van der Waals surface area contributed by atoms with Gasteiger partial charge in [-0.2, -0.15) is 8.78 Å². The summed E-state index contributed by atoms with van der Waals surface area (Å²) in [6, 6.07) is 11.6. The Labute approximate surface area is 138 Å². The summed E-state index contributed by atoms with van der Waals surface area (Å²) < 4.78 is 34.3. The molecule has 6 heteroatoms. The number of carbonyl (C=O) groups is 1. The largest absolute Gasteiger partial charge is 0.495 e. The number of amides is 1. The number of aryl methyl sites for hydroxylation is 1. The monoisotopic (exact) mass is 333 g/mol. The van der Waals surface area contributed by atoms with Crippen molar-refractivity contribution in [3.63, 3.8) is 0 Å². The van der Waals surface area contributed by atoms with Crippen LogP contribution in [0.15, 0.2) is 48.5 Å². The van der Waals surface area contributed by atoms with Crippen molar-refractivity contribution in [3.8, 4) is 11.5 Å². The van der Waals surface area contributed by atoms with E-state index >= 15 is 0 Å². The molecular formula is C18H17F2NO3. The standard InChI is InChI=1S/C18H17F2NO3/c1-12-7-9-16(23-2)14(11-12)21-17(22)10-8-13-5-3-4-6-15(13)24-18(19)20/h3-11,18H,1-2H3,(H,21,22)/b10-8+. The quantitative estimate of drug-likeness (QED) is 0.804. The fourth-order valence-electron chi connectivity index (χ4n) is 2.08. The van der Waals surface area contributed by atoms with E-state index in [-0.39, 0.29) is 5.75 Å². The predicted molar refractivity (Wildman–Crippen MR) is 88.5 cm³/mol. The van der Waals surface area contributed by atoms with Crippen molar-refractivity contribution in [1.82, 2.24) is 0 Å². The number of carbonyl (C=O) groups excluding carboxylic acids is 1. The lowest BCUT2D eigenvalue weighted by atomic mass is 10.2. The van der Waals surface area contributed by atoms with Gasteiger partial charge in [0, 0.05) is 11.6 Å². The molecule has 0 saturated heterocycles. The zero-order valence-electron chi connectivity index (χ0n) is 13.3. The topological polar surface area (TPSA) is 47.6 Å². The van der Waals surface area contributed by atoms with Crippen LogP contribution < -0.4 is 14.8 Å². The molecule has 2 aromatic rings. The second-order valence-electron chi connectivity index (χ2n) is 4.94. The molecule has 2 aromatic carbocycles. The third kappa shape index (κ3) is 4.81. The van der Waals surface area contributed by atoms with E-state index < -0.39 is 12.5 Å². The van der Waals surface area contributed by atoms with Crippen LogP contribution in [-0.2, 0) is 4.79 Å². The van der Waals surface area contributed by atoms with Gasteiger partial charge in [0.25, 0.3) is 0 Å². The van der Waals surface area contributed by atoms with Crippen LogP contribution >= 0.6 is 0 Å². The second kappa shape index (κ2) is 8.10. The van der Waals surface area contributed by atoms with E-state index in [4.69, 9.17) is 4.74 Å². The number of halogens is 2. The summed E-state index contributed by atoms with van der Waals surface area (Å²) in [6.07, 6.45) is 2.66. The van der Waals surface area contributed by atoms with Gasteiger partial charge in [-0.3, -0.25) is 4.79 Å². The summed E-state index contributed by atoms with van der Waals surface area (Å²) in [6.45, 7) is -1.03. The number of hydrogen-bond donors (Lipinski definition) is 1. The van der Waals surface area contributed by atoms with E-state index in [1.54, 1.807) is 30.3 Å². The van der Waals surface area contributed by atoms with Crippen LogP contribution in [0.5, 0.6) is 11.5 Å². The number of alkyl halides is 2. The molecule has 2 rings (SSSR count). The summed E-state index contributed by atoms with van der Waals surface area (Å²) in [7, 11) is 1.51. The molecule has 0 aliphatic heterocycles. The zero-order valence-corrected chi connectivity index (χ0v) is 13.3. The van der Waals surface area contributed by atoms with Crippen molar-refractivity contribution < 1.29 is 23.0 Å². The third-order valence-electron chi connectivity index (χ3n) is 3.16. The maximum absolute atomic E-state index is 12.4. The van der Waals surface area contributed by atoms with Crippen LogP contribution in [0.25, 0.3) is 6.08 Å². The Morgan fingerprint density at radius 2 is 1.92 bits per heavy atom. The average Bonchev–Trinajstić information content (AvgIpc) is 2.54. The predicted octanol–water partition coefficient (Wildman–Crippen LogP) is 4.26. The summed E-state index contributed by atoms with van der Waals surface area (Å²) in [5, 5.41) is 2.69. The molecule has 0 aliphatic carbocycles. The maximum atomic E-state index is 12.4. The van der Waals surface area contributed by atoms with Gasteiger partial charge in [0.15, 0.2) is 0 Å². The molecule has 1 amide bonds. The Hall–Kier alpha value is -2.89. The van der Waals surface area contributed by atoms with Crippen LogP contribution in [0.2, 0.25) is 0 Å². The van der Waals surface area contributed by atoms with Crippen LogP contribution in [0.1, 0.15) is 11.1 Å². The second-order valence-corrected chi connectivity index (χ2v) is 4.94. The van der Waals surface area contributed by atoms with Crippen LogP contribution in [0.4, 0.5) is 14.5 Å². The van der Waals surface area contributed by atoms with E-state index in [0.29, 0.717) is 17.0 Å². The molecule has 0 heterocycles. The van der Waals surface area contributed by atoms with Crippen molar-refractivity contribution in [3.05, 3.63) is 59.7 Å². The molecule has 1 N–H and O–H groups in total. The van der Waals surface area contributed by atoms with Gasteiger partial charge in [0.05, 0.1) is 12.8 Å². The molecule has 0 atom stereocenters. The number of rotatable bonds is 6. The molecule has 24 heavy (non-hydrogen) atoms. The number of para-hydroxylation sites is 1. The SMILES string of the molecule is COc1ccc(C)cc1NC(=O)/C=C/c1ccccc1OC(F)F. The molecule has 0 unspecified atom stereocenters. The van der Waals surface area contributed by atoms with E-state index in [2.05, 4.69) is 10.1 Å². The zero-order chi connectivity index (χ0) is 17.5. The van der Waals surface area contributed by atoms with Crippen molar-refractivity contribution in [1.29, 1.82) is 0 Å². The number of methoxy groups -OCH3 is 1. The summed E-state index contributed by atoms with van der Waals surface area (Å²) in [5.74, 6) is 0.124. The molecule has 0 radical (unpaired) electrons. The minimum absolute atomic E-state index is 0.00434. The fourth-order valence-corrected chi connectivity index (χ4v) is 2.08. The minimum Gasteiger partial charge on any atom is -0.495 e. The van der Waals surface area contributed by atoms with Gasteiger partial charge in [0.1, 0.15) is 11.5 Å². The number of benzene rings is 2. The smallest absolute Gasteiger partial charge is 0.387 e. The number of ether oxygens (including phenoxy) is 2. The highest BCUT2D eigenvalue weighted by Crippen LogP contribution is 2.25. The molecular weight excluding hydrogens is 316 g/mol. The third-order valence-corrected chi connectivity index (χ3v) is 3.16. The Kier molecular flexibility index (Phi) is 5.89. The fraction of sp³-hybridized carbons (Fsp3) is 0.167. The van der Waals surface area contributed by atoms with Crippen molar-refractivity contribution in [2.24, 2.45) is 0 Å². The summed E-state index contributed by atoms with van der Waals surface area (Å²) in [4.78, 5) is 12.1. The van der Waals surface area contributed by atoms with E-state index in [1.165, 1.54) is 25.3 Å². The highest BCUT2D eigenvalue weighted by molar-refractivity contribution is 6.03. The first-order valence-corrected chi connectivity index (χ1v) is 7.17. The number of nitrogens with one attached hydrogen (secondary N) is 1. The van der Waals surface area contributed by atoms with Gasteiger partial charge in [-0.15, -0.1) is 0 Å². The number of anilines is 1. The van der Waals surface area contributed by atoms with Crippen LogP contribution in [0.3, 0.4) is 0 Å². The molecule has 0 spiro atoms. The summed E-state index contributed by atoms with van der Waals surface area (Å²) in [5.41, 5.74) is 1.87. The van der Waals surface area contributed by atoms with Crippen LogP contribution in [0, 0.1) is 6.92 Å². The van der Waals surface area contributed by atoms with Gasteiger partial charge in [-0.25, -0.2) is 0 Å². The minimum atomic E-state index is -2.93. The molecule has 4 nitrogen and oxygen atoms in total. The molecule has 0 fully saturated rings. The van der Waals surface area contributed by atoms with Gasteiger partial charge >= 0.3 is 6.61 Å². The first kappa shape index (κ1) is 17.5. The van der Waals surface area contributed by atoms with Gasteiger partial charge in [0.2, 0.25) is 5.91 Å². The lowest BCUT2D eigenvalue weighted by molar-refractivity contribution is -0.111. The first-order valence-electron chi connectivity index (χ1n) is 7.17. The average molecular weight is 333 g/mol.